The first-order valence-corrected chi connectivity index (χ1v) is 8.36. The number of hydrogen-bond donors (Lipinski definition) is 2. The van der Waals surface area contributed by atoms with E-state index >= 15 is 0 Å². The van der Waals surface area contributed by atoms with Gasteiger partial charge in [-0.1, -0.05) is 26.7 Å². The van der Waals surface area contributed by atoms with Crippen molar-refractivity contribution in [3.05, 3.63) is 0 Å². The Labute approximate surface area is 116 Å². The number of thioether (sulfide) groups is 1. The van der Waals surface area contributed by atoms with Crippen LogP contribution < -0.4 is 11.1 Å². The summed E-state index contributed by atoms with van der Waals surface area (Å²) in [5.41, 5.74) is 5.18. The molecule has 0 aromatic rings. The molecule has 2 atom stereocenters. The fourth-order valence-electron chi connectivity index (χ4n) is 2.78. The zero-order valence-corrected chi connectivity index (χ0v) is 12.7. The number of unbranched alkanes of at least 4 members (excludes halogenated alkanes) is 2. The summed E-state index contributed by atoms with van der Waals surface area (Å²) in [5, 5.41) is 3.94. The van der Waals surface area contributed by atoms with Gasteiger partial charge in [0.25, 0.3) is 0 Å². The maximum absolute atomic E-state index is 11.7. The van der Waals surface area contributed by atoms with E-state index in [0.29, 0.717) is 5.25 Å². The van der Waals surface area contributed by atoms with Gasteiger partial charge in [0.1, 0.15) is 0 Å². The van der Waals surface area contributed by atoms with Crippen molar-refractivity contribution >= 4 is 17.7 Å². The zero-order valence-electron chi connectivity index (χ0n) is 11.8. The number of likely N-dealkylation sites (N-methyl/N-ethyl adjacent to an activating group) is 1. The van der Waals surface area contributed by atoms with Crippen LogP contribution in [0.1, 0.15) is 58.8 Å². The molecule has 0 saturated heterocycles. The van der Waals surface area contributed by atoms with Crippen LogP contribution in [0.2, 0.25) is 0 Å². The molecule has 2 unspecified atom stereocenters. The standard InChI is InChI=1S/C14H28N2OS/c1-3-5-6-10-18-12-8-7-9-14(11-12,13(15)17)16-4-2/h12,16H,3-11H2,1-2H3,(H2,15,17). The number of amides is 1. The molecule has 0 radical (unpaired) electrons. The van der Waals surface area contributed by atoms with E-state index < -0.39 is 5.54 Å². The van der Waals surface area contributed by atoms with E-state index in [-0.39, 0.29) is 5.91 Å². The Morgan fingerprint density at radius 2 is 2.22 bits per heavy atom. The Bertz CT molecular complexity index is 256. The molecule has 4 heteroatoms. The van der Waals surface area contributed by atoms with E-state index in [1.165, 1.54) is 31.4 Å². The molecule has 1 saturated carbocycles. The van der Waals surface area contributed by atoms with Crippen molar-refractivity contribution in [1.82, 2.24) is 5.32 Å². The third-order valence-corrected chi connectivity index (χ3v) is 5.19. The van der Waals surface area contributed by atoms with Crippen molar-refractivity contribution in [1.29, 1.82) is 0 Å². The summed E-state index contributed by atoms with van der Waals surface area (Å²) in [4.78, 5) is 11.7. The number of rotatable bonds is 8. The topological polar surface area (TPSA) is 55.1 Å². The lowest BCUT2D eigenvalue weighted by Crippen LogP contribution is -2.58. The monoisotopic (exact) mass is 272 g/mol. The van der Waals surface area contributed by atoms with E-state index in [0.717, 1.165) is 25.8 Å². The van der Waals surface area contributed by atoms with Crippen molar-refractivity contribution in [2.45, 2.75) is 69.6 Å². The molecule has 0 spiro atoms. The fourth-order valence-corrected chi connectivity index (χ4v) is 4.22. The van der Waals surface area contributed by atoms with Gasteiger partial charge in [0, 0.05) is 5.25 Å². The molecule has 1 aliphatic rings. The number of primary amides is 1. The van der Waals surface area contributed by atoms with Crippen molar-refractivity contribution in [3.63, 3.8) is 0 Å². The summed E-state index contributed by atoms with van der Waals surface area (Å²) >= 11 is 2.04. The summed E-state index contributed by atoms with van der Waals surface area (Å²) < 4.78 is 0. The maximum atomic E-state index is 11.7. The molecule has 3 N–H and O–H groups in total. The highest BCUT2D eigenvalue weighted by Crippen LogP contribution is 2.35. The van der Waals surface area contributed by atoms with Crippen LogP contribution in [0.3, 0.4) is 0 Å². The van der Waals surface area contributed by atoms with Gasteiger partial charge in [0.05, 0.1) is 5.54 Å². The van der Waals surface area contributed by atoms with Gasteiger partial charge < -0.3 is 11.1 Å². The number of hydrogen-bond acceptors (Lipinski definition) is 3. The maximum Gasteiger partial charge on any atom is 0.237 e. The highest BCUT2D eigenvalue weighted by Gasteiger charge is 2.40. The van der Waals surface area contributed by atoms with E-state index in [2.05, 4.69) is 12.2 Å². The van der Waals surface area contributed by atoms with Crippen LogP contribution in [0.5, 0.6) is 0 Å². The number of nitrogens with two attached hydrogens (primary N) is 1. The fraction of sp³-hybridized carbons (Fsp3) is 0.929. The first kappa shape index (κ1) is 15.8. The Morgan fingerprint density at radius 3 is 2.83 bits per heavy atom. The third kappa shape index (κ3) is 4.47. The molecule has 1 rings (SSSR count). The van der Waals surface area contributed by atoms with Gasteiger partial charge in [-0.2, -0.15) is 11.8 Å². The van der Waals surface area contributed by atoms with Crippen molar-refractivity contribution in [2.24, 2.45) is 5.73 Å². The SMILES string of the molecule is CCCCCSC1CCCC(NCC)(C(N)=O)C1. The highest BCUT2D eigenvalue weighted by molar-refractivity contribution is 7.99. The highest BCUT2D eigenvalue weighted by atomic mass is 32.2. The smallest absolute Gasteiger partial charge is 0.237 e. The molecule has 1 amide bonds. The second-order valence-corrected chi connectivity index (χ2v) is 6.68. The van der Waals surface area contributed by atoms with Gasteiger partial charge >= 0.3 is 0 Å². The lowest BCUT2D eigenvalue weighted by atomic mass is 9.80. The largest absolute Gasteiger partial charge is 0.368 e. The molecule has 106 valence electrons. The van der Waals surface area contributed by atoms with Gasteiger partial charge in [0.15, 0.2) is 0 Å². The van der Waals surface area contributed by atoms with Crippen LogP contribution in [-0.4, -0.2) is 29.0 Å². The van der Waals surface area contributed by atoms with Gasteiger partial charge in [-0.25, -0.2) is 0 Å². The summed E-state index contributed by atoms with van der Waals surface area (Å²) in [6.07, 6.45) is 8.04. The number of nitrogens with one attached hydrogen (secondary N) is 1. The first-order chi connectivity index (χ1) is 8.64. The normalized spacial score (nSPS) is 28.2. The van der Waals surface area contributed by atoms with Crippen LogP contribution >= 0.6 is 11.8 Å². The van der Waals surface area contributed by atoms with Gasteiger partial charge in [0.2, 0.25) is 5.91 Å². The van der Waals surface area contributed by atoms with Crippen molar-refractivity contribution < 1.29 is 4.79 Å². The average molecular weight is 272 g/mol. The Kier molecular flexibility index (Phi) is 7.08. The Hall–Kier alpha value is -0.220. The molecule has 0 heterocycles. The average Bonchev–Trinajstić information content (AvgIpc) is 2.35. The van der Waals surface area contributed by atoms with Crippen LogP contribution in [0.4, 0.5) is 0 Å². The minimum Gasteiger partial charge on any atom is -0.368 e. The second-order valence-electron chi connectivity index (χ2n) is 5.27. The molecule has 18 heavy (non-hydrogen) atoms. The molecule has 0 bridgehead atoms. The zero-order chi connectivity index (χ0) is 13.4. The first-order valence-electron chi connectivity index (χ1n) is 7.31. The predicted molar refractivity (Wildman–Crippen MR) is 79.8 cm³/mol. The van der Waals surface area contributed by atoms with Crippen LogP contribution in [-0.2, 0) is 4.79 Å². The molecule has 0 aromatic carbocycles. The molecular weight excluding hydrogens is 244 g/mol. The Morgan fingerprint density at radius 1 is 1.44 bits per heavy atom. The molecule has 3 nitrogen and oxygen atoms in total. The third-order valence-electron chi connectivity index (χ3n) is 3.79. The Balaban J connectivity index is 2.45. The number of carbonyl (C=O) groups is 1. The van der Waals surface area contributed by atoms with E-state index in [1.807, 2.05) is 18.7 Å². The van der Waals surface area contributed by atoms with E-state index in [1.54, 1.807) is 0 Å². The van der Waals surface area contributed by atoms with Crippen LogP contribution in [0.25, 0.3) is 0 Å². The number of carbonyl (C=O) groups excluding carboxylic acids is 1. The van der Waals surface area contributed by atoms with Crippen molar-refractivity contribution in [2.75, 3.05) is 12.3 Å². The van der Waals surface area contributed by atoms with Crippen LogP contribution in [0, 0.1) is 0 Å². The summed E-state index contributed by atoms with van der Waals surface area (Å²) in [6, 6.07) is 0. The summed E-state index contributed by atoms with van der Waals surface area (Å²) in [7, 11) is 0. The van der Waals surface area contributed by atoms with Crippen molar-refractivity contribution in [3.8, 4) is 0 Å². The quantitative estimate of drug-likeness (QED) is 0.668. The van der Waals surface area contributed by atoms with E-state index in [9.17, 15) is 4.79 Å². The summed E-state index contributed by atoms with van der Waals surface area (Å²) in [5.74, 6) is 1.06. The van der Waals surface area contributed by atoms with Gasteiger partial charge in [-0.3, -0.25) is 4.79 Å². The molecule has 0 aromatic heterocycles. The second kappa shape index (κ2) is 8.05. The van der Waals surface area contributed by atoms with E-state index in [4.69, 9.17) is 5.73 Å². The van der Waals surface area contributed by atoms with Gasteiger partial charge in [-0.15, -0.1) is 0 Å². The molecule has 1 aliphatic carbocycles. The molecule has 0 aliphatic heterocycles. The minimum absolute atomic E-state index is 0.164. The lowest BCUT2D eigenvalue weighted by Gasteiger charge is -2.39. The lowest BCUT2D eigenvalue weighted by molar-refractivity contribution is -0.125. The predicted octanol–water partition coefficient (Wildman–Crippen LogP) is 2.69. The molecule has 1 fully saturated rings. The van der Waals surface area contributed by atoms with Crippen LogP contribution in [0.15, 0.2) is 0 Å². The van der Waals surface area contributed by atoms with Gasteiger partial charge in [-0.05, 0) is 44.4 Å². The summed E-state index contributed by atoms with van der Waals surface area (Å²) in [6.45, 7) is 5.09. The minimum atomic E-state index is -0.435. The molecular formula is C14H28N2OS.